The molecule has 7 nitrogen and oxygen atoms in total. The minimum absolute atomic E-state index is 0.143. The normalized spacial score (nSPS) is 18.0. The molecule has 0 atom stereocenters. The maximum absolute atomic E-state index is 11.8. The zero-order valence-electron chi connectivity index (χ0n) is 13.4. The topological polar surface area (TPSA) is 85.2 Å². The first-order valence-electron chi connectivity index (χ1n) is 8.10. The van der Waals surface area contributed by atoms with Crippen molar-refractivity contribution in [3.8, 4) is 5.69 Å². The second-order valence-corrected chi connectivity index (χ2v) is 6.33. The van der Waals surface area contributed by atoms with Crippen molar-refractivity contribution in [3.63, 3.8) is 0 Å². The number of nitrogens with zero attached hydrogens (tertiary/aromatic N) is 4. The number of halogens is 1. The van der Waals surface area contributed by atoms with E-state index in [-0.39, 0.29) is 6.61 Å². The molecule has 1 aromatic heterocycles. The van der Waals surface area contributed by atoms with E-state index >= 15 is 0 Å². The standard InChI is InChI=1S/C17H16ClN5O2/c18-14-6-3-7-16(23-17(24)19-21-22-23)13(14)10-25-20-15-9-8-11-4-1-2-5-12(11)15/h2-3,5-7H,1,4,8-10H2,(H,19,22,24)/b20-15+. The van der Waals surface area contributed by atoms with Crippen LogP contribution < -0.4 is 5.69 Å². The van der Waals surface area contributed by atoms with Gasteiger partial charge in [-0.1, -0.05) is 40.5 Å². The molecule has 2 aliphatic rings. The number of oxime groups is 1. The van der Waals surface area contributed by atoms with E-state index in [1.54, 1.807) is 18.2 Å². The van der Waals surface area contributed by atoms with E-state index in [9.17, 15) is 4.79 Å². The fourth-order valence-electron chi connectivity index (χ4n) is 3.19. The molecule has 2 aromatic rings. The first kappa shape index (κ1) is 15.8. The summed E-state index contributed by atoms with van der Waals surface area (Å²) in [5.41, 5.74) is 4.35. The van der Waals surface area contributed by atoms with Gasteiger partial charge in [0, 0.05) is 10.6 Å². The lowest BCUT2D eigenvalue weighted by atomic mass is 10.0. The SMILES string of the molecule is O=c1[nH]nnn1-c1cccc(Cl)c1CO/N=C1\CCC2=C1C=CCC2. The Morgan fingerprint density at radius 1 is 1.32 bits per heavy atom. The predicted octanol–water partition coefficient (Wildman–Crippen LogP) is 2.92. The molecule has 0 saturated heterocycles. The smallest absolute Gasteiger partial charge is 0.365 e. The summed E-state index contributed by atoms with van der Waals surface area (Å²) in [6, 6.07) is 5.22. The molecule has 25 heavy (non-hydrogen) atoms. The Bertz CT molecular complexity index is 954. The molecular weight excluding hydrogens is 342 g/mol. The van der Waals surface area contributed by atoms with Crippen LogP contribution in [-0.4, -0.2) is 25.9 Å². The molecule has 128 valence electrons. The van der Waals surface area contributed by atoms with E-state index in [1.165, 1.54) is 11.1 Å². The third kappa shape index (κ3) is 3.02. The molecule has 0 unspecified atom stereocenters. The monoisotopic (exact) mass is 357 g/mol. The van der Waals surface area contributed by atoms with Crippen molar-refractivity contribution >= 4 is 17.3 Å². The molecule has 0 bridgehead atoms. The molecule has 2 aliphatic carbocycles. The fraction of sp³-hybridized carbons (Fsp3) is 0.294. The van der Waals surface area contributed by atoms with Gasteiger partial charge in [0.25, 0.3) is 0 Å². The van der Waals surface area contributed by atoms with Gasteiger partial charge in [0.15, 0.2) is 0 Å². The van der Waals surface area contributed by atoms with Crippen LogP contribution in [0, 0.1) is 0 Å². The van der Waals surface area contributed by atoms with Crippen molar-refractivity contribution in [2.45, 2.75) is 32.3 Å². The highest BCUT2D eigenvalue weighted by molar-refractivity contribution is 6.31. The first-order chi connectivity index (χ1) is 12.2. The number of aromatic amines is 1. The molecule has 0 fully saturated rings. The second-order valence-electron chi connectivity index (χ2n) is 5.93. The summed E-state index contributed by atoms with van der Waals surface area (Å²) in [6.45, 7) is 0.143. The Hall–Kier alpha value is -2.67. The number of allylic oxidation sites excluding steroid dienone is 4. The summed E-state index contributed by atoms with van der Waals surface area (Å²) >= 11 is 6.28. The van der Waals surface area contributed by atoms with Gasteiger partial charge in [-0.2, -0.15) is 4.68 Å². The third-order valence-electron chi connectivity index (χ3n) is 4.43. The van der Waals surface area contributed by atoms with Crippen molar-refractivity contribution in [1.29, 1.82) is 0 Å². The van der Waals surface area contributed by atoms with Gasteiger partial charge in [-0.3, -0.25) is 0 Å². The van der Waals surface area contributed by atoms with Crippen molar-refractivity contribution in [3.05, 3.63) is 62.6 Å². The minimum atomic E-state index is -0.437. The van der Waals surface area contributed by atoms with Gasteiger partial charge in [0.05, 0.1) is 11.4 Å². The maximum atomic E-state index is 11.8. The lowest BCUT2D eigenvalue weighted by Crippen LogP contribution is -2.18. The average Bonchev–Trinajstić information content (AvgIpc) is 3.23. The van der Waals surface area contributed by atoms with Crippen LogP contribution in [-0.2, 0) is 11.4 Å². The van der Waals surface area contributed by atoms with Crippen molar-refractivity contribution in [1.82, 2.24) is 20.2 Å². The Balaban J connectivity index is 1.57. The number of tetrazole rings is 1. The largest absolute Gasteiger partial charge is 0.391 e. The number of nitrogens with one attached hydrogen (secondary N) is 1. The molecule has 0 saturated carbocycles. The fourth-order valence-corrected chi connectivity index (χ4v) is 3.41. The maximum Gasteiger partial charge on any atom is 0.365 e. The molecule has 8 heteroatoms. The predicted molar refractivity (Wildman–Crippen MR) is 93.8 cm³/mol. The lowest BCUT2D eigenvalue weighted by molar-refractivity contribution is 0.130. The Labute approximate surface area is 148 Å². The minimum Gasteiger partial charge on any atom is -0.391 e. The van der Waals surface area contributed by atoms with Crippen LogP contribution in [0.2, 0.25) is 5.02 Å². The zero-order valence-corrected chi connectivity index (χ0v) is 14.2. The first-order valence-corrected chi connectivity index (χ1v) is 8.48. The number of H-pyrrole nitrogens is 1. The Kier molecular flexibility index (Phi) is 4.23. The number of hydrogen-bond donors (Lipinski definition) is 1. The quantitative estimate of drug-likeness (QED) is 0.852. The van der Waals surface area contributed by atoms with Crippen molar-refractivity contribution in [2.24, 2.45) is 5.16 Å². The number of hydrogen-bond acceptors (Lipinski definition) is 5. The van der Waals surface area contributed by atoms with E-state index in [1.807, 2.05) is 0 Å². The number of rotatable bonds is 4. The van der Waals surface area contributed by atoms with Gasteiger partial charge >= 0.3 is 5.69 Å². The molecular formula is C17H16ClN5O2. The van der Waals surface area contributed by atoms with E-state index in [0.29, 0.717) is 16.3 Å². The molecule has 1 N–H and O–H groups in total. The molecule has 0 aliphatic heterocycles. The number of aromatic nitrogens is 4. The van der Waals surface area contributed by atoms with E-state index in [0.717, 1.165) is 36.1 Å². The van der Waals surface area contributed by atoms with Crippen LogP contribution in [0.15, 0.2) is 51.4 Å². The van der Waals surface area contributed by atoms with Gasteiger partial charge in [-0.05, 0) is 53.8 Å². The van der Waals surface area contributed by atoms with E-state index in [4.69, 9.17) is 16.4 Å². The molecule has 0 radical (unpaired) electrons. The average molecular weight is 358 g/mol. The van der Waals surface area contributed by atoms with Crippen LogP contribution in [0.1, 0.15) is 31.2 Å². The molecule has 1 aromatic carbocycles. The summed E-state index contributed by atoms with van der Waals surface area (Å²) < 4.78 is 1.15. The molecule has 1 heterocycles. The van der Waals surface area contributed by atoms with Gasteiger partial charge in [0.1, 0.15) is 6.61 Å². The number of benzene rings is 1. The molecule has 0 spiro atoms. The van der Waals surface area contributed by atoms with E-state index in [2.05, 4.69) is 32.8 Å². The summed E-state index contributed by atoms with van der Waals surface area (Å²) in [7, 11) is 0. The molecule has 4 rings (SSSR count). The summed E-state index contributed by atoms with van der Waals surface area (Å²) in [5, 5.41) is 14.3. The zero-order chi connectivity index (χ0) is 17.2. The van der Waals surface area contributed by atoms with Crippen molar-refractivity contribution < 1.29 is 4.84 Å². The summed E-state index contributed by atoms with van der Waals surface area (Å²) in [6.07, 6.45) is 8.45. The highest BCUT2D eigenvalue weighted by Gasteiger charge is 2.21. The van der Waals surface area contributed by atoms with Gasteiger partial charge in [-0.25, -0.2) is 9.89 Å². The Morgan fingerprint density at radius 2 is 2.24 bits per heavy atom. The highest BCUT2D eigenvalue weighted by atomic mass is 35.5. The van der Waals surface area contributed by atoms with Crippen LogP contribution in [0.5, 0.6) is 0 Å². The van der Waals surface area contributed by atoms with Crippen LogP contribution in [0.4, 0.5) is 0 Å². The highest BCUT2D eigenvalue weighted by Crippen LogP contribution is 2.32. The third-order valence-corrected chi connectivity index (χ3v) is 4.78. The lowest BCUT2D eigenvalue weighted by Gasteiger charge is -2.10. The van der Waals surface area contributed by atoms with Crippen LogP contribution in [0.25, 0.3) is 5.69 Å². The van der Waals surface area contributed by atoms with Gasteiger partial charge in [0.2, 0.25) is 0 Å². The Morgan fingerprint density at radius 3 is 3.08 bits per heavy atom. The van der Waals surface area contributed by atoms with Gasteiger partial charge in [-0.15, -0.1) is 0 Å². The van der Waals surface area contributed by atoms with Crippen LogP contribution in [0.3, 0.4) is 0 Å². The summed E-state index contributed by atoms with van der Waals surface area (Å²) in [5.74, 6) is 0. The summed E-state index contributed by atoms with van der Waals surface area (Å²) in [4.78, 5) is 17.4. The van der Waals surface area contributed by atoms with E-state index < -0.39 is 5.69 Å². The van der Waals surface area contributed by atoms with Crippen molar-refractivity contribution in [2.75, 3.05) is 0 Å². The molecule has 0 amide bonds. The van der Waals surface area contributed by atoms with Gasteiger partial charge < -0.3 is 4.84 Å². The second kappa shape index (κ2) is 6.68. The van der Waals surface area contributed by atoms with Crippen LogP contribution >= 0.6 is 11.6 Å².